The van der Waals surface area contributed by atoms with Gasteiger partial charge in [0.2, 0.25) is 0 Å². The van der Waals surface area contributed by atoms with Crippen LogP contribution in [0.25, 0.3) is 0 Å². The van der Waals surface area contributed by atoms with Crippen LogP contribution in [-0.4, -0.2) is 61.8 Å². The number of halogens is 1. The summed E-state index contributed by atoms with van der Waals surface area (Å²) in [5, 5.41) is 10.1. The van der Waals surface area contributed by atoms with Crippen molar-refractivity contribution in [1.82, 2.24) is 20.5 Å². The van der Waals surface area contributed by atoms with Crippen molar-refractivity contribution in [3.05, 3.63) is 16.1 Å². The van der Waals surface area contributed by atoms with Crippen LogP contribution in [0.3, 0.4) is 0 Å². The molecule has 0 radical (unpaired) electrons. The van der Waals surface area contributed by atoms with Gasteiger partial charge in [-0.1, -0.05) is 13.8 Å². The molecule has 6 nitrogen and oxygen atoms in total. The Morgan fingerprint density at radius 3 is 2.92 bits per heavy atom. The standard InChI is InChI=1S/C18H33N5OS.HI/c1-5-19-18(21-12-17-22-16(13-25-17)14(2)3)20-11-15-7-6-8-23(15)9-10-24-4;/h13-15H,5-12H2,1-4H3,(H2,19,20,21);1H. The summed E-state index contributed by atoms with van der Waals surface area (Å²) in [6, 6.07) is 0.561. The highest BCUT2D eigenvalue weighted by atomic mass is 127. The molecule has 0 aromatic carbocycles. The summed E-state index contributed by atoms with van der Waals surface area (Å²) in [5.41, 5.74) is 1.16. The van der Waals surface area contributed by atoms with E-state index in [1.807, 2.05) is 0 Å². The number of methoxy groups -OCH3 is 1. The van der Waals surface area contributed by atoms with Crippen molar-refractivity contribution in [2.24, 2.45) is 4.99 Å². The van der Waals surface area contributed by atoms with Crippen LogP contribution in [0.4, 0.5) is 0 Å². The van der Waals surface area contributed by atoms with E-state index in [9.17, 15) is 0 Å². The van der Waals surface area contributed by atoms with E-state index in [-0.39, 0.29) is 24.0 Å². The van der Waals surface area contributed by atoms with E-state index in [1.165, 1.54) is 19.4 Å². The number of hydrogen-bond acceptors (Lipinski definition) is 5. The minimum absolute atomic E-state index is 0. The molecule has 1 aromatic rings. The molecule has 0 bridgehead atoms. The van der Waals surface area contributed by atoms with Crippen molar-refractivity contribution in [2.75, 3.05) is 39.9 Å². The Morgan fingerprint density at radius 2 is 2.27 bits per heavy atom. The van der Waals surface area contributed by atoms with Crippen LogP contribution in [0, 0.1) is 0 Å². The molecule has 0 amide bonds. The van der Waals surface area contributed by atoms with E-state index in [4.69, 9.17) is 9.73 Å². The number of aliphatic imine (C=N–C) groups is 1. The van der Waals surface area contributed by atoms with Gasteiger partial charge in [-0.15, -0.1) is 35.3 Å². The molecule has 1 atom stereocenters. The number of nitrogens with zero attached hydrogens (tertiary/aromatic N) is 3. The monoisotopic (exact) mass is 495 g/mol. The van der Waals surface area contributed by atoms with Gasteiger partial charge >= 0.3 is 0 Å². The first-order valence-electron chi connectivity index (χ1n) is 9.33. The van der Waals surface area contributed by atoms with E-state index < -0.39 is 0 Å². The normalized spacial score (nSPS) is 18.2. The Labute approximate surface area is 179 Å². The maximum Gasteiger partial charge on any atom is 0.191 e. The van der Waals surface area contributed by atoms with Crippen LogP contribution in [0.1, 0.15) is 50.2 Å². The zero-order valence-electron chi connectivity index (χ0n) is 16.5. The molecule has 1 aromatic heterocycles. The van der Waals surface area contributed by atoms with Gasteiger partial charge in [0.15, 0.2) is 5.96 Å². The third-order valence-electron chi connectivity index (χ3n) is 4.46. The highest BCUT2D eigenvalue weighted by Gasteiger charge is 2.23. The predicted molar refractivity (Wildman–Crippen MR) is 121 cm³/mol. The lowest BCUT2D eigenvalue weighted by atomic mass is 10.2. The summed E-state index contributed by atoms with van der Waals surface area (Å²) in [6.45, 7) is 11.8. The lowest BCUT2D eigenvalue weighted by Gasteiger charge is -2.25. The molecule has 1 unspecified atom stereocenters. The highest BCUT2D eigenvalue weighted by molar-refractivity contribution is 14.0. The van der Waals surface area contributed by atoms with Crippen molar-refractivity contribution >= 4 is 41.3 Å². The highest BCUT2D eigenvalue weighted by Crippen LogP contribution is 2.18. The minimum atomic E-state index is 0. The third kappa shape index (κ3) is 7.66. The van der Waals surface area contributed by atoms with E-state index >= 15 is 0 Å². The maximum absolute atomic E-state index is 5.22. The van der Waals surface area contributed by atoms with E-state index in [2.05, 4.69) is 46.7 Å². The smallest absolute Gasteiger partial charge is 0.191 e. The van der Waals surface area contributed by atoms with Crippen molar-refractivity contribution < 1.29 is 4.74 Å². The zero-order chi connectivity index (χ0) is 18.1. The summed E-state index contributed by atoms with van der Waals surface area (Å²) >= 11 is 1.69. The fourth-order valence-corrected chi connectivity index (χ4v) is 3.87. The minimum Gasteiger partial charge on any atom is -0.383 e. The molecule has 1 aliphatic rings. The number of guanidine groups is 1. The van der Waals surface area contributed by atoms with Gasteiger partial charge in [-0.05, 0) is 32.2 Å². The topological polar surface area (TPSA) is 61.8 Å². The summed E-state index contributed by atoms with van der Waals surface area (Å²) in [6.07, 6.45) is 2.50. The number of ether oxygens (including phenoxy) is 1. The molecule has 2 heterocycles. The SMILES string of the molecule is CCNC(=NCc1nc(C(C)C)cs1)NCC1CCCN1CCOC.I. The Bertz CT molecular complexity index is 537. The first kappa shape index (κ1) is 23.6. The van der Waals surface area contributed by atoms with Gasteiger partial charge in [0.1, 0.15) is 5.01 Å². The summed E-state index contributed by atoms with van der Waals surface area (Å²) in [5.74, 6) is 1.35. The van der Waals surface area contributed by atoms with Gasteiger partial charge < -0.3 is 15.4 Å². The number of likely N-dealkylation sites (tertiary alicyclic amines) is 1. The molecule has 2 N–H and O–H groups in total. The average Bonchev–Trinajstić information content (AvgIpc) is 3.24. The second kappa shape index (κ2) is 12.9. The molecule has 1 saturated heterocycles. The first-order chi connectivity index (χ1) is 12.1. The first-order valence-corrected chi connectivity index (χ1v) is 10.2. The average molecular weight is 495 g/mol. The van der Waals surface area contributed by atoms with Crippen LogP contribution >= 0.6 is 35.3 Å². The fourth-order valence-electron chi connectivity index (χ4n) is 3.00. The Hall–Kier alpha value is -0.450. The van der Waals surface area contributed by atoms with E-state index in [1.54, 1.807) is 18.4 Å². The van der Waals surface area contributed by atoms with Crippen molar-refractivity contribution in [3.8, 4) is 0 Å². The summed E-state index contributed by atoms with van der Waals surface area (Å²) in [7, 11) is 1.77. The van der Waals surface area contributed by atoms with Crippen molar-refractivity contribution in [3.63, 3.8) is 0 Å². The second-order valence-corrected chi connectivity index (χ2v) is 7.66. The van der Waals surface area contributed by atoms with Crippen LogP contribution in [0.15, 0.2) is 10.4 Å². The molecule has 0 saturated carbocycles. The lowest BCUT2D eigenvalue weighted by molar-refractivity contribution is 0.141. The Kier molecular flexibility index (Phi) is 11.7. The number of hydrogen-bond donors (Lipinski definition) is 2. The molecule has 0 spiro atoms. The van der Waals surface area contributed by atoms with Gasteiger partial charge in [0.25, 0.3) is 0 Å². The van der Waals surface area contributed by atoms with E-state index in [0.29, 0.717) is 18.5 Å². The molecule has 1 aliphatic heterocycles. The van der Waals surface area contributed by atoms with Gasteiger partial charge in [0, 0.05) is 38.2 Å². The van der Waals surface area contributed by atoms with Gasteiger partial charge in [-0.25, -0.2) is 9.98 Å². The number of thiazole rings is 1. The van der Waals surface area contributed by atoms with E-state index in [0.717, 1.165) is 42.9 Å². The predicted octanol–water partition coefficient (Wildman–Crippen LogP) is 3.05. The molecule has 8 heteroatoms. The molecular formula is C18H34IN5OS. The van der Waals surface area contributed by atoms with Crippen LogP contribution in [0.5, 0.6) is 0 Å². The van der Waals surface area contributed by atoms with Crippen molar-refractivity contribution in [1.29, 1.82) is 0 Å². The number of nitrogens with one attached hydrogen (secondary N) is 2. The lowest BCUT2D eigenvalue weighted by Crippen LogP contribution is -2.45. The molecular weight excluding hydrogens is 461 g/mol. The quantitative estimate of drug-likeness (QED) is 0.313. The number of rotatable bonds is 9. The van der Waals surface area contributed by atoms with Crippen molar-refractivity contribution in [2.45, 2.75) is 52.1 Å². The Morgan fingerprint density at radius 1 is 1.46 bits per heavy atom. The molecule has 150 valence electrons. The summed E-state index contributed by atoms with van der Waals surface area (Å²) in [4.78, 5) is 11.9. The third-order valence-corrected chi connectivity index (χ3v) is 5.32. The maximum atomic E-state index is 5.22. The van der Waals surface area contributed by atoms with Crippen LogP contribution in [0.2, 0.25) is 0 Å². The van der Waals surface area contributed by atoms with Gasteiger partial charge in [-0.3, -0.25) is 4.90 Å². The van der Waals surface area contributed by atoms with Gasteiger partial charge in [0.05, 0.1) is 18.8 Å². The number of aromatic nitrogens is 1. The Balaban J connectivity index is 0.00000338. The van der Waals surface area contributed by atoms with Crippen LogP contribution < -0.4 is 10.6 Å². The molecule has 0 aliphatic carbocycles. The molecule has 26 heavy (non-hydrogen) atoms. The summed E-state index contributed by atoms with van der Waals surface area (Å²) < 4.78 is 5.22. The van der Waals surface area contributed by atoms with Crippen LogP contribution in [-0.2, 0) is 11.3 Å². The molecule has 1 fully saturated rings. The van der Waals surface area contributed by atoms with Gasteiger partial charge in [-0.2, -0.15) is 0 Å². The zero-order valence-corrected chi connectivity index (χ0v) is 19.6. The fraction of sp³-hybridized carbons (Fsp3) is 0.778. The second-order valence-electron chi connectivity index (χ2n) is 6.72. The largest absolute Gasteiger partial charge is 0.383 e. The molecule has 2 rings (SSSR count).